The van der Waals surface area contributed by atoms with Crippen molar-refractivity contribution in [3.63, 3.8) is 0 Å². The van der Waals surface area contributed by atoms with Crippen molar-refractivity contribution < 1.29 is 13.6 Å². The van der Waals surface area contributed by atoms with Crippen LogP contribution < -0.4 is 5.56 Å². The Kier molecular flexibility index (Phi) is 4.77. The summed E-state index contributed by atoms with van der Waals surface area (Å²) < 4.78 is 20.3. The Morgan fingerprint density at radius 3 is 2.79 bits per heavy atom. The number of rotatable bonds is 3. The third kappa shape index (κ3) is 3.45. The first-order valence-electron chi connectivity index (χ1n) is 9.07. The van der Waals surface area contributed by atoms with Gasteiger partial charge in [0.05, 0.1) is 5.92 Å². The zero-order valence-corrected chi connectivity index (χ0v) is 15.3. The average Bonchev–Trinajstić information content (AvgIpc) is 3.20. The van der Waals surface area contributed by atoms with E-state index in [0.29, 0.717) is 30.4 Å². The minimum absolute atomic E-state index is 0.105. The van der Waals surface area contributed by atoms with Crippen molar-refractivity contribution in [2.24, 2.45) is 7.05 Å². The van der Waals surface area contributed by atoms with Gasteiger partial charge in [-0.05, 0) is 49.2 Å². The van der Waals surface area contributed by atoms with Crippen molar-refractivity contribution in [1.29, 1.82) is 0 Å². The Bertz CT molecular complexity index is 1060. The molecule has 1 saturated heterocycles. The number of carbonyl (C=O) groups is 1. The lowest BCUT2D eigenvalue weighted by atomic mass is 9.97. The van der Waals surface area contributed by atoms with Crippen molar-refractivity contribution in [1.82, 2.24) is 19.7 Å². The van der Waals surface area contributed by atoms with Gasteiger partial charge in [0.15, 0.2) is 0 Å². The Hall–Kier alpha value is -3.29. The quantitative estimate of drug-likeness (QED) is 0.696. The van der Waals surface area contributed by atoms with E-state index in [1.165, 1.54) is 16.7 Å². The number of likely N-dealkylation sites (tertiary alicyclic amines) is 1. The number of hydrogen-bond donors (Lipinski definition) is 0. The standard InChI is InChI=1S/C20H19FN4O3/c1-24-10-3-5-16(19(24)26)20(27)25-11-2-4-14(12-25)18-23-22-17(28-18)13-6-8-15(21)9-7-13/h3,5-10,14H,2,4,11-12H2,1H3. The number of piperidine rings is 1. The van der Waals surface area contributed by atoms with Gasteiger partial charge >= 0.3 is 0 Å². The van der Waals surface area contributed by atoms with Gasteiger partial charge < -0.3 is 13.9 Å². The summed E-state index contributed by atoms with van der Waals surface area (Å²) in [5, 5.41) is 8.17. The molecule has 0 saturated carbocycles. The largest absolute Gasteiger partial charge is 0.420 e. The molecule has 0 N–H and O–H groups in total. The molecule has 0 radical (unpaired) electrons. The molecule has 1 unspecified atom stereocenters. The summed E-state index contributed by atoms with van der Waals surface area (Å²) in [6.07, 6.45) is 3.20. The number of carbonyl (C=O) groups excluding carboxylic acids is 1. The first kappa shape index (κ1) is 18.1. The summed E-state index contributed by atoms with van der Waals surface area (Å²) in [6.45, 7) is 0.980. The molecule has 3 heterocycles. The van der Waals surface area contributed by atoms with E-state index in [1.807, 2.05) is 0 Å². The van der Waals surface area contributed by atoms with Crippen LogP contribution >= 0.6 is 0 Å². The zero-order chi connectivity index (χ0) is 19.7. The SMILES string of the molecule is Cn1cccc(C(=O)N2CCCC(c3nnc(-c4ccc(F)cc4)o3)C2)c1=O. The number of nitrogens with zero attached hydrogens (tertiary/aromatic N) is 4. The maximum absolute atomic E-state index is 13.1. The zero-order valence-electron chi connectivity index (χ0n) is 15.3. The van der Waals surface area contributed by atoms with Gasteiger partial charge in [-0.1, -0.05) is 0 Å². The van der Waals surface area contributed by atoms with Gasteiger partial charge in [-0.3, -0.25) is 9.59 Å². The van der Waals surface area contributed by atoms with Crippen LogP contribution in [0, 0.1) is 5.82 Å². The fraction of sp³-hybridized carbons (Fsp3) is 0.300. The minimum atomic E-state index is -0.336. The van der Waals surface area contributed by atoms with Crippen molar-refractivity contribution in [2.45, 2.75) is 18.8 Å². The summed E-state index contributed by atoms with van der Waals surface area (Å²) >= 11 is 0. The fourth-order valence-corrected chi connectivity index (χ4v) is 3.40. The molecule has 4 rings (SSSR count). The predicted molar refractivity (Wildman–Crippen MR) is 99.3 cm³/mol. The summed E-state index contributed by atoms with van der Waals surface area (Å²) in [7, 11) is 1.62. The van der Waals surface area contributed by atoms with E-state index in [9.17, 15) is 14.0 Å². The highest BCUT2D eigenvalue weighted by Crippen LogP contribution is 2.29. The molecule has 1 aliphatic heterocycles. The smallest absolute Gasteiger partial charge is 0.263 e. The van der Waals surface area contributed by atoms with Crippen molar-refractivity contribution in [3.05, 3.63) is 70.2 Å². The monoisotopic (exact) mass is 382 g/mol. The van der Waals surface area contributed by atoms with Gasteiger partial charge in [0.2, 0.25) is 11.8 Å². The van der Waals surface area contributed by atoms with Gasteiger partial charge in [-0.25, -0.2) is 4.39 Å². The van der Waals surface area contributed by atoms with Gasteiger partial charge in [-0.15, -0.1) is 10.2 Å². The molecule has 0 bridgehead atoms. The molecular formula is C20H19FN4O3. The topological polar surface area (TPSA) is 81.2 Å². The summed E-state index contributed by atoms with van der Waals surface area (Å²) in [5.41, 5.74) is 0.478. The Balaban J connectivity index is 1.53. The maximum Gasteiger partial charge on any atom is 0.263 e. The first-order valence-corrected chi connectivity index (χ1v) is 9.07. The van der Waals surface area contributed by atoms with Crippen molar-refractivity contribution in [3.8, 4) is 11.5 Å². The molecule has 1 atom stereocenters. The van der Waals surface area contributed by atoms with Crippen LogP contribution in [0.2, 0.25) is 0 Å². The maximum atomic E-state index is 13.1. The molecule has 2 aromatic heterocycles. The second kappa shape index (κ2) is 7.38. The molecule has 1 aliphatic rings. The number of amides is 1. The average molecular weight is 382 g/mol. The van der Waals surface area contributed by atoms with E-state index < -0.39 is 0 Å². The Morgan fingerprint density at radius 1 is 1.21 bits per heavy atom. The number of pyridine rings is 1. The highest BCUT2D eigenvalue weighted by molar-refractivity contribution is 5.93. The van der Waals surface area contributed by atoms with Gasteiger partial charge in [-0.2, -0.15) is 0 Å². The van der Waals surface area contributed by atoms with Crippen LogP contribution in [-0.4, -0.2) is 38.7 Å². The van der Waals surface area contributed by atoms with Crippen LogP contribution in [0.4, 0.5) is 4.39 Å². The minimum Gasteiger partial charge on any atom is -0.420 e. The fourth-order valence-electron chi connectivity index (χ4n) is 3.40. The van der Waals surface area contributed by atoms with Crippen LogP contribution in [0.25, 0.3) is 11.5 Å². The molecule has 1 fully saturated rings. The predicted octanol–water partition coefficient (Wildman–Crippen LogP) is 2.59. The van der Waals surface area contributed by atoms with E-state index in [2.05, 4.69) is 10.2 Å². The van der Waals surface area contributed by atoms with Crippen molar-refractivity contribution in [2.75, 3.05) is 13.1 Å². The van der Waals surface area contributed by atoms with Crippen molar-refractivity contribution >= 4 is 5.91 Å². The number of aromatic nitrogens is 3. The third-order valence-electron chi connectivity index (χ3n) is 4.94. The molecule has 3 aromatic rings. The molecule has 0 aliphatic carbocycles. The summed E-state index contributed by atoms with van der Waals surface area (Å²) in [5.74, 6) is 0.0290. The van der Waals surface area contributed by atoms with Gasteiger partial charge in [0.25, 0.3) is 11.5 Å². The lowest BCUT2D eigenvalue weighted by Gasteiger charge is -2.31. The van der Waals surface area contributed by atoms with Gasteiger partial charge in [0, 0.05) is 31.9 Å². The second-order valence-corrected chi connectivity index (χ2v) is 6.88. The number of halogens is 1. The van der Waals surface area contributed by atoms with Crippen LogP contribution in [0.5, 0.6) is 0 Å². The molecule has 28 heavy (non-hydrogen) atoms. The molecule has 1 aromatic carbocycles. The second-order valence-electron chi connectivity index (χ2n) is 6.88. The summed E-state index contributed by atoms with van der Waals surface area (Å²) in [6, 6.07) is 9.06. The van der Waals surface area contributed by atoms with Gasteiger partial charge in [0.1, 0.15) is 11.4 Å². The number of aryl methyl sites for hydroxylation is 1. The van der Waals surface area contributed by atoms with Crippen LogP contribution in [0.15, 0.2) is 51.8 Å². The van der Waals surface area contributed by atoms with E-state index in [1.54, 1.807) is 42.4 Å². The Labute approximate surface area is 160 Å². The molecule has 144 valence electrons. The number of hydrogen-bond acceptors (Lipinski definition) is 5. The Morgan fingerprint density at radius 2 is 2.00 bits per heavy atom. The highest BCUT2D eigenvalue weighted by atomic mass is 19.1. The number of benzene rings is 1. The molecule has 7 nitrogen and oxygen atoms in total. The van der Waals surface area contributed by atoms with E-state index in [0.717, 1.165) is 12.8 Å². The van der Waals surface area contributed by atoms with Crippen LogP contribution in [0.3, 0.4) is 0 Å². The molecule has 1 amide bonds. The molecule has 0 spiro atoms. The van der Waals surface area contributed by atoms with Crippen LogP contribution in [-0.2, 0) is 7.05 Å². The van der Waals surface area contributed by atoms with E-state index in [-0.39, 0.29) is 28.8 Å². The lowest BCUT2D eigenvalue weighted by molar-refractivity contribution is 0.0696. The first-order chi connectivity index (χ1) is 13.5. The van der Waals surface area contributed by atoms with E-state index >= 15 is 0 Å². The third-order valence-corrected chi connectivity index (χ3v) is 4.94. The van der Waals surface area contributed by atoms with E-state index in [4.69, 9.17) is 4.42 Å². The molecular weight excluding hydrogens is 363 g/mol. The molecule has 8 heteroatoms. The summed E-state index contributed by atoms with van der Waals surface area (Å²) in [4.78, 5) is 26.7. The normalized spacial score (nSPS) is 16.9. The van der Waals surface area contributed by atoms with Crippen LogP contribution in [0.1, 0.15) is 35.0 Å². The highest BCUT2D eigenvalue weighted by Gasteiger charge is 2.30. The lowest BCUT2D eigenvalue weighted by Crippen LogP contribution is -2.41.